The van der Waals surface area contributed by atoms with E-state index in [2.05, 4.69) is 22.3 Å². The number of aromatic nitrogens is 3. The van der Waals surface area contributed by atoms with Crippen molar-refractivity contribution in [3.05, 3.63) is 42.0 Å². The number of nitrogens with one attached hydrogen (secondary N) is 1. The van der Waals surface area contributed by atoms with Gasteiger partial charge in [0.15, 0.2) is 0 Å². The summed E-state index contributed by atoms with van der Waals surface area (Å²) >= 11 is 0. The third kappa shape index (κ3) is 5.17. The van der Waals surface area contributed by atoms with Crippen LogP contribution in [-0.2, 0) is 24.4 Å². The normalized spacial score (nSPS) is 10.8. The molecule has 0 saturated carbocycles. The number of hydrogen-bond donors (Lipinski definition) is 1. The van der Waals surface area contributed by atoms with Crippen LogP contribution in [0.15, 0.2) is 30.7 Å². The molecule has 0 aliphatic heterocycles. The summed E-state index contributed by atoms with van der Waals surface area (Å²) in [7, 11) is 1.69. The Kier molecular flexibility index (Phi) is 6.18. The predicted octanol–water partition coefficient (Wildman–Crippen LogP) is 1.61. The number of hydrogen-bond acceptors (Lipinski definition) is 5. The van der Waals surface area contributed by atoms with Crippen molar-refractivity contribution in [3.8, 4) is 5.75 Å². The molecule has 21 heavy (non-hydrogen) atoms. The SMILES string of the molecule is CCn1cc(COc2ccc(CNCCOC)nc2)cn1. The van der Waals surface area contributed by atoms with Crippen LogP contribution >= 0.6 is 0 Å². The Balaban J connectivity index is 1.76. The van der Waals surface area contributed by atoms with Gasteiger partial charge in [-0.15, -0.1) is 0 Å². The fourth-order valence-corrected chi connectivity index (χ4v) is 1.81. The molecule has 0 fully saturated rings. The van der Waals surface area contributed by atoms with Gasteiger partial charge in [0.1, 0.15) is 12.4 Å². The lowest BCUT2D eigenvalue weighted by molar-refractivity contribution is 0.199. The van der Waals surface area contributed by atoms with E-state index in [1.165, 1.54) is 0 Å². The molecule has 114 valence electrons. The number of rotatable bonds is 9. The zero-order valence-corrected chi connectivity index (χ0v) is 12.6. The molecule has 0 bridgehead atoms. The van der Waals surface area contributed by atoms with Gasteiger partial charge >= 0.3 is 0 Å². The Morgan fingerprint density at radius 1 is 1.29 bits per heavy atom. The standard InChI is InChI=1S/C15H22N4O2/c1-3-19-11-13(8-18-19)12-21-15-5-4-14(17-10-15)9-16-6-7-20-2/h4-5,8,10-11,16H,3,6-7,9,12H2,1-2H3. The predicted molar refractivity (Wildman–Crippen MR) is 80.1 cm³/mol. The van der Waals surface area contributed by atoms with Crippen molar-refractivity contribution in [3.63, 3.8) is 0 Å². The van der Waals surface area contributed by atoms with Gasteiger partial charge in [0, 0.05) is 38.5 Å². The quantitative estimate of drug-likeness (QED) is 0.711. The lowest BCUT2D eigenvalue weighted by Gasteiger charge is -2.06. The number of nitrogens with zero attached hydrogens (tertiary/aromatic N) is 3. The third-order valence-corrected chi connectivity index (χ3v) is 3.00. The molecule has 0 aliphatic carbocycles. The molecule has 0 radical (unpaired) electrons. The monoisotopic (exact) mass is 290 g/mol. The highest BCUT2D eigenvalue weighted by atomic mass is 16.5. The Hall–Kier alpha value is -1.92. The number of methoxy groups -OCH3 is 1. The van der Waals surface area contributed by atoms with E-state index < -0.39 is 0 Å². The van der Waals surface area contributed by atoms with Crippen LogP contribution in [0.3, 0.4) is 0 Å². The average Bonchev–Trinajstić information content (AvgIpc) is 2.99. The minimum Gasteiger partial charge on any atom is -0.487 e. The molecule has 2 rings (SSSR count). The molecule has 0 unspecified atom stereocenters. The molecule has 0 aromatic carbocycles. The molecular weight excluding hydrogens is 268 g/mol. The summed E-state index contributed by atoms with van der Waals surface area (Å²) in [5.41, 5.74) is 2.04. The van der Waals surface area contributed by atoms with Crippen molar-refractivity contribution in [2.75, 3.05) is 20.3 Å². The first kappa shape index (κ1) is 15.5. The van der Waals surface area contributed by atoms with E-state index in [0.29, 0.717) is 13.2 Å². The van der Waals surface area contributed by atoms with Crippen molar-refractivity contribution in [2.24, 2.45) is 0 Å². The summed E-state index contributed by atoms with van der Waals surface area (Å²) in [5.74, 6) is 0.764. The highest BCUT2D eigenvalue weighted by Gasteiger charge is 2.00. The molecule has 0 aliphatic rings. The molecule has 0 saturated heterocycles. The topological polar surface area (TPSA) is 61.2 Å². The van der Waals surface area contributed by atoms with Crippen molar-refractivity contribution in [1.29, 1.82) is 0 Å². The van der Waals surface area contributed by atoms with Crippen LogP contribution in [0.25, 0.3) is 0 Å². The summed E-state index contributed by atoms with van der Waals surface area (Å²) in [6.45, 7) is 5.68. The molecular formula is C15H22N4O2. The van der Waals surface area contributed by atoms with Gasteiger partial charge in [-0.2, -0.15) is 5.10 Å². The maximum atomic E-state index is 5.69. The van der Waals surface area contributed by atoms with Crippen LogP contribution in [-0.4, -0.2) is 35.0 Å². The van der Waals surface area contributed by atoms with Gasteiger partial charge in [-0.25, -0.2) is 0 Å². The molecule has 0 amide bonds. The third-order valence-electron chi connectivity index (χ3n) is 3.00. The first-order valence-corrected chi connectivity index (χ1v) is 7.10. The van der Waals surface area contributed by atoms with E-state index in [-0.39, 0.29) is 0 Å². The number of ether oxygens (including phenoxy) is 2. The van der Waals surface area contributed by atoms with Gasteiger partial charge in [-0.05, 0) is 19.1 Å². The van der Waals surface area contributed by atoms with Crippen molar-refractivity contribution in [1.82, 2.24) is 20.1 Å². The summed E-state index contributed by atoms with van der Waals surface area (Å²) in [4.78, 5) is 4.36. The van der Waals surface area contributed by atoms with Gasteiger partial charge in [-0.3, -0.25) is 9.67 Å². The van der Waals surface area contributed by atoms with Crippen molar-refractivity contribution in [2.45, 2.75) is 26.6 Å². The fraction of sp³-hybridized carbons (Fsp3) is 0.467. The minimum absolute atomic E-state index is 0.507. The summed E-state index contributed by atoms with van der Waals surface area (Å²) in [5, 5.41) is 7.46. The van der Waals surface area contributed by atoms with E-state index in [1.807, 2.05) is 29.2 Å². The van der Waals surface area contributed by atoms with Crippen LogP contribution < -0.4 is 10.1 Å². The zero-order valence-electron chi connectivity index (χ0n) is 12.6. The van der Waals surface area contributed by atoms with Crippen LogP contribution in [0, 0.1) is 0 Å². The van der Waals surface area contributed by atoms with Gasteiger partial charge < -0.3 is 14.8 Å². The second-order valence-electron chi connectivity index (χ2n) is 4.65. The fourth-order valence-electron chi connectivity index (χ4n) is 1.81. The average molecular weight is 290 g/mol. The molecule has 1 N–H and O–H groups in total. The second kappa shape index (κ2) is 8.39. The van der Waals surface area contributed by atoms with E-state index in [4.69, 9.17) is 9.47 Å². The van der Waals surface area contributed by atoms with Crippen LogP contribution in [0.4, 0.5) is 0 Å². The van der Waals surface area contributed by atoms with Crippen LogP contribution in [0.5, 0.6) is 5.75 Å². The lowest BCUT2D eigenvalue weighted by Crippen LogP contribution is -2.19. The van der Waals surface area contributed by atoms with E-state index in [1.54, 1.807) is 13.3 Å². The first-order chi connectivity index (χ1) is 10.3. The Morgan fingerprint density at radius 2 is 2.19 bits per heavy atom. The van der Waals surface area contributed by atoms with Crippen LogP contribution in [0.1, 0.15) is 18.2 Å². The molecule has 0 spiro atoms. The van der Waals surface area contributed by atoms with E-state index >= 15 is 0 Å². The molecule has 2 heterocycles. The zero-order chi connectivity index (χ0) is 14.9. The van der Waals surface area contributed by atoms with Gasteiger partial charge in [0.2, 0.25) is 0 Å². The Labute approximate surface area is 125 Å². The highest BCUT2D eigenvalue weighted by molar-refractivity contribution is 5.20. The largest absolute Gasteiger partial charge is 0.487 e. The van der Waals surface area contributed by atoms with Crippen LogP contribution in [0.2, 0.25) is 0 Å². The van der Waals surface area contributed by atoms with Gasteiger partial charge in [0.05, 0.1) is 24.7 Å². The minimum atomic E-state index is 0.507. The molecule has 6 nitrogen and oxygen atoms in total. The van der Waals surface area contributed by atoms with Crippen molar-refractivity contribution < 1.29 is 9.47 Å². The summed E-state index contributed by atoms with van der Waals surface area (Å²) in [6.07, 6.45) is 5.56. The van der Waals surface area contributed by atoms with E-state index in [9.17, 15) is 0 Å². The molecule has 6 heteroatoms. The molecule has 0 atom stereocenters. The lowest BCUT2D eigenvalue weighted by atomic mass is 10.3. The Bertz CT molecular complexity index is 525. The number of aryl methyl sites for hydroxylation is 1. The maximum absolute atomic E-state index is 5.69. The summed E-state index contributed by atoms with van der Waals surface area (Å²) < 4.78 is 12.5. The molecule has 2 aromatic heterocycles. The number of pyridine rings is 1. The summed E-state index contributed by atoms with van der Waals surface area (Å²) in [6, 6.07) is 3.90. The maximum Gasteiger partial charge on any atom is 0.138 e. The first-order valence-electron chi connectivity index (χ1n) is 7.10. The smallest absolute Gasteiger partial charge is 0.138 e. The molecule has 2 aromatic rings. The second-order valence-corrected chi connectivity index (χ2v) is 4.65. The van der Waals surface area contributed by atoms with Gasteiger partial charge in [-0.1, -0.05) is 0 Å². The van der Waals surface area contributed by atoms with Crippen molar-refractivity contribution >= 4 is 0 Å². The Morgan fingerprint density at radius 3 is 2.86 bits per heavy atom. The van der Waals surface area contributed by atoms with E-state index in [0.717, 1.165) is 36.6 Å². The van der Waals surface area contributed by atoms with Gasteiger partial charge in [0.25, 0.3) is 0 Å². The highest BCUT2D eigenvalue weighted by Crippen LogP contribution is 2.11.